The van der Waals surface area contributed by atoms with Crippen molar-refractivity contribution in [3.63, 3.8) is 0 Å². The van der Waals surface area contributed by atoms with Crippen molar-refractivity contribution < 1.29 is 5.11 Å². The van der Waals surface area contributed by atoms with Crippen LogP contribution in [0.5, 0.6) is 5.75 Å². The lowest BCUT2D eigenvalue weighted by atomic mass is 10.1. The third kappa shape index (κ3) is 2.02. The number of likely N-dealkylation sites (tertiary alicyclic amines) is 1. The van der Waals surface area contributed by atoms with Crippen LogP contribution in [0.25, 0.3) is 10.9 Å². The Morgan fingerprint density at radius 1 is 1.25 bits per heavy atom. The van der Waals surface area contributed by atoms with Gasteiger partial charge < -0.3 is 15.0 Å². The summed E-state index contributed by atoms with van der Waals surface area (Å²) in [4.78, 5) is 29.5. The van der Waals surface area contributed by atoms with Gasteiger partial charge in [0.15, 0.2) is 0 Å². The second-order valence-corrected chi connectivity index (χ2v) is 5.34. The van der Waals surface area contributed by atoms with Crippen LogP contribution >= 0.6 is 0 Å². The lowest BCUT2D eigenvalue weighted by Crippen LogP contribution is -2.42. The van der Waals surface area contributed by atoms with Crippen LogP contribution in [0.15, 0.2) is 27.8 Å². The van der Waals surface area contributed by atoms with Crippen LogP contribution < -0.4 is 11.2 Å². The molecule has 1 aromatic heterocycles. The van der Waals surface area contributed by atoms with Crippen molar-refractivity contribution in [1.82, 2.24) is 14.5 Å². The van der Waals surface area contributed by atoms with Crippen LogP contribution in [0.4, 0.5) is 0 Å². The number of nitrogens with zero attached hydrogens (tertiary/aromatic N) is 2. The summed E-state index contributed by atoms with van der Waals surface area (Å²) in [6.07, 6.45) is 1.52. The molecule has 1 saturated heterocycles. The maximum Gasteiger partial charge on any atom is 0.329 e. The normalized spacial score (nSPS) is 17.6. The maximum absolute atomic E-state index is 12.5. The lowest BCUT2D eigenvalue weighted by Gasteiger charge is -2.29. The average Bonchev–Trinajstić information content (AvgIpc) is 2.40. The summed E-state index contributed by atoms with van der Waals surface area (Å²) in [7, 11) is 2.02. The Balaban J connectivity index is 2.19. The fraction of sp³-hybridized carbons (Fsp3) is 0.429. The standard InChI is InChI=1S/C14H17N3O3/c1-16-7-5-9(6-8-16)17-13(19)12-10(15-14(17)20)3-2-4-11(12)18/h2-4,9,18H,5-8H2,1H3,(H,15,20). The summed E-state index contributed by atoms with van der Waals surface area (Å²) >= 11 is 0. The molecule has 0 atom stereocenters. The van der Waals surface area contributed by atoms with Crippen LogP contribution in [0, 0.1) is 0 Å². The summed E-state index contributed by atoms with van der Waals surface area (Å²) in [5.74, 6) is -0.0922. The van der Waals surface area contributed by atoms with E-state index in [9.17, 15) is 14.7 Å². The molecule has 0 aliphatic carbocycles. The number of hydrogen-bond acceptors (Lipinski definition) is 4. The second-order valence-electron chi connectivity index (χ2n) is 5.34. The first-order valence-corrected chi connectivity index (χ1v) is 6.73. The van der Waals surface area contributed by atoms with Gasteiger partial charge in [0.1, 0.15) is 11.1 Å². The van der Waals surface area contributed by atoms with Crippen molar-refractivity contribution in [3.8, 4) is 5.75 Å². The number of phenols is 1. The Kier molecular flexibility index (Phi) is 3.10. The molecule has 6 heteroatoms. The number of aromatic hydroxyl groups is 1. The predicted octanol–water partition coefficient (Wildman–Crippen LogP) is 0.662. The van der Waals surface area contributed by atoms with E-state index in [0.717, 1.165) is 25.9 Å². The molecule has 0 bridgehead atoms. The minimum Gasteiger partial charge on any atom is -0.507 e. The zero-order valence-electron chi connectivity index (χ0n) is 11.3. The van der Waals surface area contributed by atoms with Crippen LogP contribution in [0.2, 0.25) is 0 Å². The first kappa shape index (κ1) is 12.9. The Morgan fingerprint density at radius 3 is 2.65 bits per heavy atom. The zero-order valence-corrected chi connectivity index (χ0v) is 11.3. The highest BCUT2D eigenvalue weighted by atomic mass is 16.3. The average molecular weight is 275 g/mol. The predicted molar refractivity (Wildman–Crippen MR) is 76.3 cm³/mol. The highest BCUT2D eigenvalue weighted by molar-refractivity contribution is 5.83. The first-order chi connectivity index (χ1) is 9.58. The summed E-state index contributed by atoms with van der Waals surface area (Å²) in [5.41, 5.74) is -0.428. The zero-order chi connectivity index (χ0) is 14.3. The molecule has 106 valence electrons. The fourth-order valence-corrected chi connectivity index (χ4v) is 2.84. The highest BCUT2D eigenvalue weighted by Crippen LogP contribution is 2.21. The van der Waals surface area contributed by atoms with E-state index in [1.807, 2.05) is 7.05 Å². The molecule has 0 saturated carbocycles. The third-order valence-electron chi connectivity index (χ3n) is 3.99. The summed E-state index contributed by atoms with van der Waals surface area (Å²) in [5, 5.41) is 10.1. The van der Waals surface area contributed by atoms with Crippen LogP contribution in [-0.4, -0.2) is 39.7 Å². The Labute approximate surface area is 115 Å². The molecule has 3 rings (SSSR count). The number of rotatable bonds is 1. The summed E-state index contributed by atoms with van der Waals surface area (Å²) in [6.45, 7) is 1.71. The van der Waals surface area contributed by atoms with Gasteiger partial charge in [0.05, 0.1) is 5.52 Å². The lowest BCUT2D eigenvalue weighted by molar-refractivity contribution is 0.216. The van der Waals surface area contributed by atoms with Crippen molar-refractivity contribution in [2.45, 2.75) is 18.9 Å². The number of benzene rings is 1. The van der Waals surface area contributed by atoms with Crippen molar-refractivity contribution in [2.24, 2.45) is 0 Å². The van der Waals surface area contributed by atoms with E-state index >= 15 is 0 Å². The summed E-state index contributed by atoms with van der Waals surface area (Å²) in [6, 6.07) is 4.58. The minimum atomic E-state index is -0.406. The van der Waals surface area contributed by atoms with Gasteiger partial charge in [0.2, 0.25) is 0 Å². The van der Waals surface area contributed by atoms with Crippen LogP contribution in [0.1, 0.15) is 18.9 Å². The topological polar surface area (TPSA) is 78.3 Å². The van der Waals surface area contributed by atoms with E-state index in [-0.39, 0.29) is 17.2 Å². The fourth-order valence-electron chi connectivity index (χ4n) is 2.84. The Bertz CT molecular complexity index is 754. The molecule has 6 nitrogen and oxygen atoms in total. The van der Waals surface area contributed by atoms with Crippen molar-refractivity contribution >= 4 is 10.9 Å². The molecule has 0 spiro atoms. The van der Waals surface area contributed by atoms with Gasteiger partial charge in [-0.3, -0.25) is 9.36 Å². The Morgan fingerprint density at radius 2 is 1.95 bits per heavy atom. The molecule has 1 fully saturated rings. The van der Waals surface area contributed by atoms with E-state index in [4.69, 9.17) is 0 Å². The quantitative estimate of drug-likeness (QED) is 0.801. The van der Waals surface area contributed by atoms with Gasteiger partial charge in [-0.2, -0.15) is 0 Å². The third-order valence-corrected chi connectivity index (χ3v) is 3.99. The van der Waals surface area contributed by atoms with Gasteiger partial charge in [0.25, 0.3) is 5.56 Å². The number of hydrogen-bond donors (Lipinski definition) is 2. The summed E-state index contributed by atoms with van der Waals surface area (Å²) < 4.78 is 1.26. The van der Waals surface area contributed by atoms with Crippen molar-refractivity contribution in [1.29, 1.82) is 0 Å². The molecule has 2 heterocycles. The van der Waals surface area contributed by atoms with E-state index in [0.29, 0.717) is 5.52 Å². The molecule has 2 N–H and O–H groups in total. The molecule has 20 heavy (non-hydrogen) atoms. The second kappa shape index (κ2) is 4.79. The van der Waals surface area contributed by atoms with Gasteiger partial charge in [-0.25, -0.2) is 4.79 Å². The molecule has 1 aliphatic rings. The Hall–Kier alpha value is -2.08. The molecular formula is C14H17N3O3. The van der Waals surface area contributed by atoms with Gasteiger partial charge in [-0.15, -0.1) is 0 Å². The largest absolute Gasteiger partial charge is 0.507 e. The molecule has 1 aromatic carbocycles. The highest BCUT2D eigenvalue weighted by Gasteiger charge is 2.22. The van der Waals surface area contributed by atoms with E-state index in [2.05, 4.69) is 9.88 Å². The van der Waals surface area contributed by atoms with E-state index in [1.54, 1.807) is 12.1 Å². The number of piperidine rings is 1. The van der Waals surface area contributed by atoms with Gasteiger partial charge in [0, 0.05) is 6.04 Å². The smallest absolute Gasteiger partial charge is 0.329 e. The maximum atomic E-state index is 12.5. The van der Waals surface area contributed by atoms with Gasteiger partial charge in [-0.05, 0) is 45.1 Å². The van der Waals surface area contributed by atoms with E-state index in [1.165, 1.54) is 10.6 Å². The monoisotopic (exact) mass is 275 g/mol. The van der Waals surface area contributed by atoms with Crippen LogP contribution in [0.3, 0.4) is 0 Å². The SMILES string of the molecule is CN1CCC(n2c(=O)[nH]c3cccc(O)c3c2=O)CC1. The van der Waals surface area contributed by atoms with Crippen LogP contribution in [-0.2, 0) is 0 Å². The minimum absolute atomic E-state index is 0.0922. The van der Waals surface area contributed by atoms with E-state index < -0.39 is 11.2 Å². The van der Waals surface area contributed by atoms with Gasteiger partial charge in [-0.1, -0.05) is 6.07 Å². The number of aromatic nitrogens is 2. The number of phenolic OH excluding ortho intramolecular Hbond substituents is 1. The molecule has 2 aromatic rings. The molecule has 0 radical (unpaired) electrons. The van der Waals surface area contributed by atoms with Gasteiger partial charge >= 0.3 is 5.69 Å². The number of fused-ring (bicyclic) bond motifs is 1. The molecule has 0 amide bonds. The number of H-pyrrole nitrogens is 1. The van der Waals surface area contributed by atoms with Crippen molar-refractivity contribution in [2.75, 3.05) is 20.1 Å². The molecular weight excluding hydrogens is 258 g/mol. The molecule has 1 aliphatic heterocycles. The number of nitrogens with one attached hydrogen (secondary N) is 1. The number of aromatic amines is 1. The molecule has 0 unspecified atom stereocenters. The first-order valence-electron chi connectivity index (χ1n) is 6.73. The van der Waals surface area contributed by atoms with Crippen molar-refractivity contribution in [3.05, 3.63) is 39.0 Å².